The van der Waals surface area contributed by atoms with E-state index >= 15 is 0 Å². The molecule has 0 aliphatic heterocycles. The molecule has 0 fully saturated rings. The van der Waals surface area contributed by atoms with Gasteiger partial charge in [-0.2, -0.15) is 0 Å². The average molecular weight is 280 g/mol. The molecule has 20 heavy (non-hydrogen) atoms. The highest BCUT2D eigenvalue weighted by molar-refractivity contribution is 5.90. The number of carbonyl (C=O) groups excluding carboxylic acids is 1. The van der Waals surface area contributed by atoms with E-state index < -0.39 is 0 Å². The molecule has 0 aliphatic carbocycles. The maximum absolute atomic E-state index is 11.9. The molecule has 112 valence electrons. The van der Waals surface area contributed by atoms with Crippen LogP contribution in [0.1, 0.15) is 45.0 Å². The normalized spacial score (nSPS) is 10.8. The first-order chi connectivity index (χ1) is 9.43. The molecule has 0 aliphatic rings. The van der Waals surface area contributed by atoms with Crippen LogP contribution in [-0.4, -0.2) is 25.3 Å². The minimum Gasteiger partial charge on any atom is -0.490 e. The van der Waals surface area contributed by atoms with Gasteiger partial charge in [0.05, 0.1) is 24.9 Å². The van der Waals surface area contributed by atoms with Gasteiger partial charge in [-0.05, 0) is 44.9 Å². The second-order valence-electron chi connectivity index (χ2n) is 5.25. The quantitative estimate of drug-likeness (QED) is 0.715. The van der Waals surface area contributed by atoms with Gasteiger partial charge in [0.15, 0.2) is 11.5 Å². The summed E-state index contributed by atoms with van der Waals surface area (Å²) in [5.41, 5.74) is 0.477. The van der Waals surface area contributed by atoms with Crippen molar-refractivity contribution in [2.45, 2.75) is 40.7 Å². The highest BCUT2D eigenvalue weighted by Crippen LogP contribution is 2.29. The van der Waals surface area contributed by atoms with Crippen molar-refractivity contribution in [2.24, 2.45) is 5.92 Å². The summed E-state index contributed by atoms with van der Waals surface area (Å²) >= 11 is 0. The Bertz CT molecular complexity index is 438. The van der Waals surface area contributed by atoms with Gasteiger partial charge in [-0.15, -0.1) is 0 Å². The van der Waals surface area contributed by atoms with Gasteiger partial charge in [0, 0.05) is 0 Å². The third-order valence-corrected chi connectivity index (χ3v) is 2.39. The lowest BCUT2D eigenvalue weighted by atomic mass is 10.2. The van der Waals surface area contributed by atoms with Crippen molar-refractivity contribution < 1.29 is 19.0 Å². The summed E-state index contributed by atoms with van der Waals surface area (Å²) < 4.78 is 16.4. The molecule has 0 N–H and O–H groups in total. The second-order valence-corrected chi connectivity index (χ2v) is 5.25. The van der Waals surface area contributed by atoms with Gasteiger partial charge in [0.2, 0.25) is 0 Å². The van der Waals surface area contributed by atoms with Gasteiger partial charge in [-0.25, -0.2) is 4.79 Å². The molecule has 0 atom stereocenters. The average Bonchev–Trinajstić information content (AvgIpc) is 2.37. The second kappa shape index (κ2) is 7.78. The Morgan fingerprint density at radius 3 is 2.40 bits per heavy atom. The number of rotatable bonds is 7. The van der Waals surface area contributed by atoms with Crippen LogP contribution in [0.15, 0.2) is 18.2 Å². The van der Waals surface area contributed by atoms with Crippen LogP contribution >= 0.6 is 0 Å². The van der Waals surface area contributed by atoms with Crippen LogP contribution in [0.5, 0.6) is 11.5 Å². The van der Waals surface area contributed by atoms with Crippen LogP contribution in [0.3, 0.4) is 0 Å². The smallest absolute Gasteiger partial charge is 0.338 e. The molecule has 0 saturated heterocycles. The van der Waals surface area contributed by atoms with Gasteiger partial charge in [-0.1, -0.05) is 13.8 Å². The molecule has 0 saturated carbocycles. The molecule has 0 heterocycles. The largest absolute Gasteiger partial charge is 0.490 e. The number of carbonyl (C=O) groups is 1. The fraction of sp³-hybridized carbons (Fsp3) is 0.562. The maximum atomic E-state index is 11.9. The molecule has 0 spiro atoms. The number of esters is 1. The summed E-state index contributed by atoms with van der Waals surface area (Å²) in [5, 5.41) is 0. The lowest BCUT2D eigenvalue weighted by molar-refractivity contribution is 0.0458. The highest BCUT2D eigenvalue weighted by atomic mass is 16.5. The van der Waals surface area contributed by atoms with Crippen molar-refractivity contribution in [1.29, 1.82) is 0 Å². The van der Waals surface area contributed by atoms with Crippen molar-refractivity contribution in [3.8, 4) is 11.5 Å². The molecule has 1 rings (SSSR count). The van der Waals surface area contributed by atoms with E-state index in [0.717, 1.165) is 0 Å². The minimum absolute atomic E-state index is 0.0490. The molecule has 1 aromatic rings. The van der Waals surface area contributed by atoms with E-state index in [1.165, 1.54) is 0 Å². The molecule has 0 radical (unpaired) electrons. The van der Waals surface area contributed by atoms with Gasteiger partial charge in [-0.3, -0.25) is 0 Å². The molecular weight excluding hydrogens is 256 g/mol. The Labute approximate surface area is 121 Å². The van der Waals surface area contributed by atoms with E-state index in [1.54, 1.807) is 18.2 Å². The Hall–Kier alpha value is -1.71. The van der Waals surface area contributed by atoms with Crippen molar-refractivity contribution >= 4 is 5.97 Å². The zero-order valence-electron chi connectivity index (χ0n) is 12.9. The summed E-state index contributed by atoms with van der Waals surface area (Å²) in [6.45, 7) is 10.7. The third kappa shape index (κ3) is 5.11. The van der Waals surface area contributed by atoms with Gasteiger partial charge >= 0.3 is 5.97 Å². The first-order valence-electron chi connectivity index (χ1n) is 7.04. The van der Waals surface area contributed by atoms with Crippen LogP contribution in [0.4, 0.5) is 0 Å². The fourth-order valence-corrected chi connectivity index (χ4v) is 1.58. The van der Waals surface area contributed by atoms with Crippen molar-refractivity contribution in [2.75, 3.05) is 13.2 Å². The number of ether oxygens (including phenoxy) is 3. The van der Waals surface area contributed by atoms with E-state index in [1.807, 2.05) is 34.6 Å². The highest BCUT2D eigenvalue weighted by Gasteiger charge is 2.14. The van der Waals surface area contributed by atoms with E-state index in [2.05, 4.69) is 0 Å². The lowest BCUT2D eigenvalue weighted by Gasteiger charge is -2.15. The minimum atomic E-state index is -0.337. The Morgan fingerprint density at radius 2 is 1.85 bits per heavy atom. The zero-order chi connectivity index (χ0) is 15.1. The van der Waals surface area contributed by atoms with Crippen LogP contribution in [0, 0.1) is 5.92 Å². The van der Waals surface area contributed by atoms with Crippen molar-refractivity contribution in [3.05, 3.63) is 23.8 Å². The standard InChI is InChI=1S/C16H24O4/c1-6-18-15-9-13(16(17)19-10-11(2)3)7-8-14(15)20-12(4)5/h7-9,11-12H,6,10H2,1-5H3. The molecule has 1 aromatic carbocycles. The van der Waals surface area contributed by atoms with E-state index in [-0.39, 0.29) is 12.1 Å². The van der Waals surface area contributed by atoms with E-state index in [4.69, 9.17) is 14.2 Å². The molecule has 4 nitrogen and oxygen atoms in total. The van der Waals surface area contributed by atoms with Crippen molar-refractivity contribution in [1.82, 2.24) is 0 Å². The first-order valence-corrected chi connectivity index (χ1v) is 7.04. The summed E-state index contributed by atoms with van der Waals surface area (Å²) in [4.78, 5) is 11.9. The monoisotopic (exact) mass is 280 g/mol. The molecule has 0 aromatic heterocycles. The predicted octanol–water partition coefficient (Wildman–Crippen LogP) is 3.69. The molecule has 0 bridgehead atoms. The third-order valence-electron chi connectivity index (χ3n) is 2.39. The van der Waals surface area contributed by atoms with Gasteiger partial charge in [0.1, 0.15) is 0 Å². The van der Waals surface area contributed by atoms with Crippen LogP contribution in [0.25, 0.3) is 0 Å². The Balaban J connectivity index is 2.88. The predicted molar refractivity (Wildman–Crippen MR) is 78.5 cm³/mol. The summed E-state index contributed by atoms with van der Waals surface area (Å²) in [6, 6.07) is 5.11. The number of benzene rings is 1. The zero-order valence-corrected chi connectivity index (χ0v) is 12.9. The van der Waals surface area contributed by atoms with Gasteiger partial charge in [0.25, 0.3) is 0 Å². The molecular formula is C16H24O4. The van der Waals surface area contributed by atoms with E-state index in [0.29, 0.717) is 36.2 Å². The van der Waals surface area contributed by atoms with Crippen molar-refractivity contribution in [3.63, 3.8) is 0 Å². The summed E-state index contributed by atoms with van der Waals surface area (Å²) in [5.74, 6) is 1.19. The Kier molecular flexibility index (Phi) is 6.36. The summed E-state index contributed by atoms with van der Waals surface area (Å²) in [6.07, 6.45) is 0.0490. The SMILES string of the molecule is CCOc1cc(C(=O)OCC(C)C)ccc1OC(C)C. The van der Waals surface area contributed by atoms with E-state index in [9.17, 15) is 4.79 Å². The molecule has 4 heteroatoms. The number of hydrogen-bond donors (Lipinski definition) is 0. The Morgan fingerprint density at radius 1 is 1.15 bits per heavy atom. The maximum Gasteiger partial charge on any atom is 0.338 e. The first kappa shape index (κ1) is 16.3. The summed E-state index contributed by atoms with van der Waals surface area (Å²) in [7, 11) is 0. The van der Waals surface area contributed by atoms with Gasteiger partial charge < -0.3 is 14.2 Å². The van der Waals surface area contributed by atoms with Crippen LogP contribution in [-0.2, 0) is 4.74 Å². The molecule has 0 amide bonds. The molecule has 0 unspecified atom stereocenters. The fourth-order valence-electron chi connectivity index (χ4n) is 1.58. The van der Waals surface area contributed by atoms with Crippen LogP contribution < -0.4 is 9.47 Å². The van der Waals surface area contributed by atoms with Crippen LogP contribution in [0.2, 0.25) is 0 Å². The number of hydrogen-bond acceptors (Lipinski definition) is 4. The lowest BCUT2D eigenvalue weighted by Crippen LogP contribution is -2.11. The topological polar surface area (TPSA) is 44.8 Å².